The van der Waals surface area contributed by atoms with E-state index in [1.165, 1.54) is 5.56 Å². The average molecular weight is 313 g/mol. The Morgan fingerprint density at radius 2 is 2.00 bits per heavy atom. The van der Waals surface area contributed by atoms with Gasteiger partial charge < -0.3 is 14.5 Å². The third-order valence-electron chi connectivity index (χ3n) is 4.65. The summed E-state index contributed by atoms with van der Waals surface area (Å²) in [6.07, 6.45) is 4.97. The van der Waals surface area contributed by atoms with Crippen LogP contribution in [0.25, 0.3) is 0 Å². The summed E-state index contributed by atoms with van der Waals surface area (Å²) in [7, 11) is 0. The van der Waals surface area contributed by atoms with Crippen molar-refractivity contribution in [3.63, 3.8) is 0 Å². The van der Waals surface area contributed by atoms with Crippen molar-refractivity contribution in [2.75, 3.05) is 13.2 Å². The molecule has 3 heteroatoms. The number of rotatable bonds is 6. The second kappa shape index (κ2) is 7.33. The topological polar surface area (TPSA) is 34.4 Å². The Hall–Kier alpha value is -1.58. The molecule has 1 fully saturated rings. The molecule has 1 N–H and O–H groups in total. The van der Waals surface area contributed by atoms with Crippen LogP contribution in [0, 0.1) is 0 Å². The molecular formula is C20H27NO2. The van der Waals surface area contributed by atoms with Gasteiger partial charge >= 0.3 is 0 Å². The summed E-state index contributed by atoms with van der Waals surface area (Å²) in [6, 6.07) is 15.2. The Morgan fingerprint density at radius 1 is 1.17 bits per heavy atom. The van der Waals surface area contributed by atoms with Crippen molar-refractivity contribution in [3.8, 4) is 0 Å². The lowest BCUT2D eigenvalue weighted by Crippen LogP contribution is -2.44. The third kappa shape index (κ3) is 4.46. The average Bonchev–Trinajstić information content (AvgIpc) is 3.05. The molecular weight excluding hydrogens is 286 g/mol. The first-order valence-corrected chi connectivity index (χ1v) is 8.60. The molecule has 3 nitrogen and oxygen atoms in total. The molecule has 2 atom stereocenters. The summed E-state index contributed by atoms with van der Waals surface area (Å²) in [5.41, 5.74) is 1.31. The van der Waals surface area contributed by atoms with Crippen LogP contribution in [0.1, 0.15) is 50.4 Å². The van der Waals surface area contributed by atoms with Crippen molar-refractivity contribution in [1.29, 1.82) is 0 Å². The van der Waals surface area contributed by atoms with Gasteiger partial charge in [-0.2, -0.15) is 0 Å². The Balaban J connectivity index is 1.59. The molecule has 1 aliphatic rings. The maximum atomic E-state index is 5.80. The number of furan rings is 1. The smallest absolute Gasteiger partial charge is 0.111 e. The molecule has 2 heterocycles. The summed E-state index contributed by atoms with van der Waals surface area (Å²) in [6.45, 7) is 6.19. The normalized spacial score (nSPS) is 21.9. The Kier molecular flexibility index (Phi) is 5.19. The fourth-order valence-electron chi connectivity index (χ4n) is 3.49. The maximum absolute atomic E-state index is 5.80. The summed E-state index contributed by atoms with van der Waals surface area (Å²) >= 11 is 0. The Morgan fingerprint density at radius 3 is 2.70 bits per heavy atom. The Bertz CT molecular complexity index is 577. The molecule has 1 aliphatic heterocycles. The highest BCUT2D eigenvalue weighted by Crippen LogP contribution is 2.28. The van der Waals surface area contributed by atoms with Crippen LogP contribution < -0.4 is 5.32 Å². The standard InChI is InChI=1S/C20H27NO2/c1-20(2)15-17(11-14-23-20)21-12-10-18(19-9-6-13-22-19)16-7-4-3-5-8-16/h3-9,13,17-18,21H,10-12,14-15H2,1-2H3/t17-,18-/m1/s1. The van der Waals surface area contributed by atoms with Crippen molar-refractivity contribution in [1.82, 2.24) is 5.32 Å². The van der Waals surface area contributed by atoms with E-state index in [0.29, 0.717) is 12.0 Å². The van der Waals surface area contributed by atoms with Crippen LogP contribution in [0.2, 0.25) is 0 Å². The lowest BCUT2D eigenvalue weighted by atomic mass is 9.91. The molecule has 1 aromatic carbocycles. The van der Waals surface area contributed by atoms with Gasteiger partial charge in [0.1, 0.15) is 5.76 Å². The fraction of sp³-hybridized carbons (Fsp3) is 0.500. The van der Waals surface area contributed by atoms with Crippen molar-refractivity contribution in [3.05, 3.63) is 60.1 Å². The molecule has 0 spiro atoms. The molecule has 0 unspecified atom stereocenters. The summed E-state index contributed by atoms with van der Waals surface area (Å²) in [5.74, 6) is 1.36. The molecule has 23 heavy (non-hydrogen) atoms. The van der Waals surface area contributed by atoms with E-state index in [4.69, 9.17) is 9.15 Å². The Labute approximate surface area is 139 Å². The minimum Gasteiger partial charge on any atom is -0.469 e. The first-order chi connectivity index (χ1) is 11.1. The zero-order chi connectivity index (χ0) is 16.1. The number of hydrogen-bond acceptors (Lipinski definition) is 3. The highest BCUT2D eigenvalue weighted by Gasteiger charge is 2.28. The molecule has 2 aromatic rings. The minimum absolute atomic E-state index is 0.00421. The van der Waals surface area contributed by atoms with E-state index in [0.717, 1.165) is 38.2 Å². The van der Waals surface area contributed by atoms with Gasteiger partial charge in [0, 0.05) is 18.6 Å². The SMILES string of the molecule is CC1(C)C[C@H](NCC[C@H](c2ccccc2)c2ccco2)CCO1. The lowest BCUT2D eigenvalue weighted by Gasteiger charge is -2.36. The van der Waals surface area contributed by atoms with E-state index in [-0.39, 0.29) is 5.60 Å². The predicted molar refractivity (Wildman–Crippen MR) is 92.7 cm³/mol. The van der Waals surface area contributed by atoms with Gasteiger partial charge in [-0.3, -0.25) is 0 Å². The van der Waals surface area contributed by atoms with Crippen molar-refractivity contribution in [2.45, 2.75) is 50.7 Å². The molecule has 124 valence electrons. The van der Waals surface area contributed by atoms with Gasteiger partial charge in [-0.15, -0.1) is 0 Å². The van der Waals surface area contributed by atoms with Crippen LogP contribution in [-0.2, 0) is 4.74 Å². The maximum Gasteiger partial charge on any atom is 0.111 e. The first kappa shape index (κ1) is 16.3. The first-order valence-electron chi connectivity index (χ1n) is 8.60. The van der Waals surface area contributed by atoms with E-state index in [2.05, 4.69) is 55.6 Å². The van der Waals surface area contributed by atoms with Crippen LogP contribution in [0.15, 0.2) is 53.1 Å². The quantitative estimate of drug-likeness (QED) is 0.861. The number of hydrogen-bond donors (Lipinski definition) is 1. The molecule has 0 radical (unpaired) electrons. The van der Waals surface area contributed by atoms with Crippen molar-refractivity contribution in [2.24, 2.45) is 0 Å². The highest BCUT2D eigenvalue weighted by atomic mass is 16.5. The van der Waals surface area contributed by atoms with E-state index >= 15 is 0 Å². The summed E-state index contributed by atoms with van der Waals surface area (Å²) < 4.78 is 11.5. The van der Waals surface area contributed by atoms with Gasteiger partial charge in [-0.05, 0) is 57.4 Å². The predicted octanol–water partition coefficient (Wildman–Crippen LogP) is 4.35. The van der Waals surface area contributed by atoms with Crippen molar-refractivity contribution < 1.29 is 9.15 Å². The fourth-order valence-corrected chi connectivity index (χ4v) is 3.49. The van der Waals surface area contributed by atoms with Crippen LogP contribution in [-0.4, -0.2) is 24.8 Å². The van der Waals surface area contributed by atoms with E-state index in [9.17, 15) is 0 Å². The second-order valence-corrected chi connectivity index (χ2v) is 7.02. The number of ether oxygens (including phenoxy) is 1. The van der Waals surface area contributed by atoms with Gasteiger partial charge in [-0.1, -0.05) is 30.3 Å². The lowest BCUT2D eigenvalue weighted by molar-refractivity contribution is -0.0628. The zero-order valence-corrected chi connectivity index (χ0v) is 14.1. The van der Waals surface area contributed by atoms with Gasteiger partial charge in [-0.25, -0.2) is 0 Å². The third-order valence-corrected chi connectivity index (χ3v) is 4.65. The van der Waals surface area contributed by atoms with Crippen LogP contribution in [0.4, 0.5) is 0 Å². The summed E-state index contributed by atoms with van der Waals surface area (Å²) in [4.78, 5) is 0. The monoisotopic (exact) mass is 313 g/mol. The minimum atomic E-state index is -0.00421. The van der Waals surface area contributed by atoms with Gasteiger partial charge in [0.25, 0.3) is 0 Å². The zero-order valence-electron chi connectivity index (χ0n) is 14.1. The largest absolute Gasteiger partial charge is 0.469 e. The molecule has 3 rings (SSSR count). The van der Waals surface area contributed by atoms with E-state index in [1.54, 1.807) is 6.26 Å². The van der Waals surface area contributed by atoms with Gasteiger partial charge in [0.05, 0.1) is 11.9 Å². The molecule has 0 bridgehead atoms. The molecule has 1 saturated heterocycles. The van der Waals surface area contributed by atoms with Gasteiger partial charge in [0.15, 0.2) is 0 Å². The van der Waals surface area contributed by atoms with E-state index in [1.807, 2.05) is 6.07 Å². The molecule has 0 saturated carbocycles. The van der Waals surface area contributed by atoms with Crippen LogP contribution >= 0.6 is 0 Å². The van der Waals surface area contributed by atoms with Crippen molar-refractivity contribution >= 4 is 0 Å². The van der Waals surface area contributed by atoms with Crippen LogP contribution in [0.3, 0.4) is 0 Å². The number of nitrogens with one attached hydrogen (secondary N) is 1. The molecule has 1 aromatic heterocycles. The molecule has 0 aliphatic carbocycles. The molecule has 0 amide bonds. The van der Waals surface area contributed by atoms with Gasteiger partial charge in [0.2, 0.25) is 0 Å². The number of benzene rings is 1. The highest BCUT2D eigenvalue weighted by molar-refractivity contribution is 5.27. The van der Waals surface area contributed by atoms with E-state index < -0.39 is 0 Å². The second-order valence-electron chi connectivity index (χ2n) is 7.02. The summed E-state index contributed by atoms with van der Waals surface area (Å²) in [5, 5.41) is 3.72. The van der Waals surface area contributed by atoms with Crippen LogP contribution in [0.5, 0.6) is 0 Å².